The Balaban J connectivity index is 1.98. The molecule has 0 aromatic heterocycles. The van der Waals surface area contributed by atoms with Crippen LogP contribution in [0, 0.1) is 6.57 Å². The highest BCUT2D eigenvalue weighted by Crippen LogP contribution is 2.31. The highest BCUT2D eigenvalue weighted by Gasteiger charge is 2.37. The summed E-state index contributed by atoms with van der Waals surface area (Å²) in [5.41, 5.74) is -0.768. The van der Waals surface area contributed by atoms with Gasteiger partial charge in [0.05, 0.1) is 23.4 Å². The number of aliphatic carboxylic acids is 2. The molecule has 2 aromatic carbocycles. The number of hydrogen-bond acceptors (Lipinski definition) is 7. The van der Waals surface area contributed by atoms with Crippen LogP contribution in [0.5, 0.6) is 0 Å². The maximum absolute atomic E-state index is 13.4. The number of rotatable bonds is 10. The van der Waals surface area contributed by atoms with E-state index >= 15 is 0 Å². The van der Waals surface area contributed by atoms with Gasteiger partial charge in [-0.15, -0.1) is 0 Å². The zero-order valence-electron chi connectivity index (χ0n) is 21.3. The maximum atomic E-state index is 13.4. The zero-order chi connectivity index (χ0) is 30.4. The fraction of sp³-hybridized carbons (Fsp3) is 0.107. The number of carbonyl (C=O) groups is 6. The van der Waals surface area contributed by atoms with Crippen molar-refractivity contribution in [3.63, 3.8) is 0 Å². The summed E-state index contributed by atoms with van der Waals surface area (Å²) in [6.45, 7) is 7.78. The minimum absolute atomic E-state index is 0.0667. The Labute approximate surface area is 232 Å². The van der Waals surface area contributed by atoms with Crippen molar-refractivity contribution >= 4 is 53.1 Å². The minimum atomic E-state index is -1.48. The van der Waals surface area contributed by atoms with Gasteiger partial charge in [0.2, 0.25) is 0 Å². The lowest BCUT2D eigenvalue weighted by Gasteiger charge is -2.28. The monoisotopic (exact) mass is 559 g/mol. The highest BCUT2D eigenvalue weighted by molar-refractivity contribution is 6.31. The molecule has 0 saturated heterocycles. The molecule has 1 aliphatic rings. The van der Waals surface area contributed by atoms with Crippen LogP contribution in [0.2, 0.25) is 0 Å². The Hall–Kier alpha value is -6.03. The van der Waals surface area contributed by atoms with Crippen molar-refractivity contribution in [2.75, 3.05) is 22.9 Å². The maximum Gasteiger partial charge on any atom is 0.335 e. The lowest BCUT2D eigenvalue weighted by molar-refractivity contribution is -0.136. The number of hydrogen-bond donors (Lipinski definition) is 4. The van der Waals surface area contributed by atoms with Gasteiger partial charge in [0.25, 0.3) is 17.5 Å². The first-order valence-corrected chi connectivity index (χ1v) is 11.6. The number of carboxylic acids is 4. The molecule has 208 valence electrons. The van der Waals surface area contributed by atoms with Crippen molar-refractivity contribution in [2.24, 2.45) is 0 Å². The Bertz CT molecular complexity index is 1560. The van der Waals surface area contributed by atoms with Crippen molar-refractivity contribution < 1.29 is 49.2 Å². The van der Waals surface area contributed by atoms with Crippen LogP contribution >= 0.6 is 0 Å². The second-order valence-corrected chi connectivity index (χ2v) is 8.58. The SMILES string of the molecule is [C-]#[N+]C1=C(C)/C(=C\C=C\c2ccc(N(CC(=O)O)CC(=O)O)cc2)C(=O)N(c2cc(C(=O)O)cc(C(=O)O)c2)C1=O. The molecule has 41 heavy (non-hydrogen) atoms. The van der Waals surface area contributed by atoms with Gasteiger partial charge in [-0.05, 0) is 48.4 Å². The average Bonchev–Trinajstić information content (AvgIpc) is 2.90. The van der Waals surface area contributed by atoms with E-state index in [0.717, 1.165) is 23.1 Å². The fourth-order valence-corrected chi connectivity index (χ4v) is 3.93. The van der Waals surface area contributed by atoms with E-state index in [2.05, 4.69) is 4.85 Å². The summed E-state index contributed by atoms with van der Waals surface area (Å²) in [7, 11) is 0. The third kappa shape index (κ3) is 6.70. The Kier molecular flexibility index (Phi) is 8.80. The van der Waals surface area contributed by atoms with Crippen molar-refractivity contribution in [2.45, 2.75) is 6.92 Å². The smallest absolute Gasteiger partial charge is 0.335 e. The standard InChI is InChI=1S/C28H21N3O10/c1-15-21(5-3-4-16-6-8-19(9-7-16)30(13-22(32)33)14-23(34)35)25(36)31(26(37)24(15)29-2)20-11-17(27(38)39)10-18(12-20)28(40)41/h3-12H,13-14H2,1H3,(H,32,33)(H,34,35)(H,38,39)(H,40,41)/b4-3+,21-5+. The summed E-state index contributed by atoms with van der Waals surface area (Å²) in [5.74, 6) is -7.32. The predicted octanol–water partition coefficient (Wildman–Crippen LogP) is 2.76. The molecule has 0 fully saturated rings. The fourth-order valence-electron chi connectivity index (χ4n) is 3.93. The van der Waals surface area contributed by atoms with Crippen molar-refractivity contribution in [3.05, 3.63) is 99.6 Å². The molecule has 13 nitrogen and oxygen atoms in total. The Morgan fingerprint density at radius 1 is 0.878 bits per heavy atom. The molecule has 1 aliphatic heterocycles. The van der Waals surface area contributed by atoms with Gasteiger partial charge < -0.3 is 25.3 Å². The van der Waals surface area contributed by atoms with E-state index in [4.69, 9.17) is 16.8 Å². The molecule has 2 aromatic rings. The topological polar surface area (TPSA) is 194 Å². The predicted molar refractivity (Wildman–Crippen MR) is 143 cm³/mol. The number of amides is 2. The summed E-state index contributed by atoms with van der Waals surface area (Å²) in [4.78, 5) is 76.5. The van der Waals surface area contributed by atoms with Gasteiger partial charge in [-0.3, -0.25) is 24.1 Å². The molecular weight excluding hydrogens is 538 g/mol. The van der Waals surface area contributed by atoms with Gasteiger partial charge in [-0.2, -0.15) is 0 Å². The second kappa shape index (κ2) is 12.2. The molecule has 0 bridgehead atoms. The molecular formula is C28H21N3O10. The normalized spacial score (nSPS) is 14.3. The number of aromatic carboxylic acids is 2. The minimum Gasteiger partial charge on any atom is -0.480 e. The van der Waals surface area contributed by atoms with Gasteiger partial charge in [0, 0.05) is 11.3 Å². The molecule has 0 aliphatic carbocycles. The number of allylic oxidation sites excluding steroid dienone is 2. The molecule has 3 rings (SSSR count). The van der Waals surface area contributed by atoms with Crippen molar-refractivity contribution in [3.8, 4) is 0 Å². The molecule has 2 amide bonds. The Morgan fingerprint density at radius 2 is 1.41 bits per heavy atom. The molecule has 0 saturated carbocycles. The third-order valence-corrected chi connectivity index (χ3v) is 5.84. The van der Waals surface area contributed by atoms with Crippen LogP contribution in [0.25, 0.3) is 10.9 Å². The number of carboxylic acid groups (broad SMARTS) is 4. The van der Waals surface area contributed by atoms with E-state index in [1.165, 1.54) is 31.2 Å². The van der Waals surface area contributed by atoms with Crippen LogP contribution in [0.4, 0.5) is 11.4 Å². The van der Waals surface area contributed by atoms with Crippen LogP contribution in [0.15, 0.2) is 71.5 Å². The highest BCUT2D eigenvalue weighted by atomic mass is 16.4. The van der Waals surface area contributed by atoms with Crippen LogP contribution in [0.1, 0.15) is 33.2 Å². The van der Waals surface area contributed by atoms with Gasteiger partial charge in [-0.1, -0.05) is 30.4 Å². The molecule has 0 unspecified atom stereocenters. The third-order valence-electron chi connectivity index (χ3n) is 5.84. The first-order chi connectivity index (χ1) is 19.3. The average molecular weight is 559 g/mol. The summed E-state index contributed by atoms with van der Waals surface area (Å²) >= 11 is 0. The number of nitrogens with zero attached hydrogens (tertiary/aromatic N) is 3. The summed E-state index contributed by atoms with van der Waals surface area (Å²) < 4.78 is 0. The molecule has 1 heterocycles. The van der Waals surface area contributed by atoms with Crippen LogP contribution in [0.3, 0.4) is 0 Å². The molecule has 13 heteroatoms. The van der Waals surface area contributed by atoms with Crippen LogP contribution < -0.4 is 9.80 Å². The number of carbonyl (C=O) groups excluding carboxylic acids is 2. The first kappa shape index (κ1) is 29.5. The molecule has 0 atom stereocenters. The van der Waals surface area contributed by atoms with E-state index in [-0.39, 0.29) is 16.8 Å². The molecule has 0 radical (unpaired) electrons. The van der Waals surface area contributed by atoms with Crippen LogP contribution in [-0.4, -0.2) is 69.2 Å². The largest absolute Gasteiger partial charge is 0.480 e. The quantitative estimate of drug-likeness (QED) is 0.190. The zero-order valence-corrected chi connectivity index (χ0v) is 21.3. The van der Waals surface area contributed by atoms with Gasteiger partial charge in [0.1, 0.15) is 13.1 Å². The van der Waals surface area contributed by atoms with Gasteiger partial charge >= 0.3 is 23.9 Å². The van der Waals surface area contributed by atoms with E-state index in [0.29, 0.717) is 16.2 Å². The summed E-state index contributed by atoms with van der Waals surface area (Å²) in [5, 5.41) is 36.8. The van der Waals surface area contributed by atoms with Gasteiger partial charge in [0.15, 0.2) is 0 Å². The lowest BCUT2D eigenvalue weighted by atomic mass is 9.97. The van der Waals surface area contributed by atoms with Crippen molar-refractivity contribution in [1.82, 2.24) is 0 Å². The molecule has 4 N–H and O–H groups in total. The van der Waals surface area contributed by atoms with Crippen LogP contribution in [-0.2, 0) is 19.2 Å². The molecule has 0 spiro atoms. The first-order valence-electron chi connectivity index (χ1n) is 11.6. The van der Waals surface area contributed by atoms with E-state index in [1.807, 2.05) is 0 Å². The van der Waals surface area contributed by atoms with Crippen molar-refractivity contribution in [1.29, 1.82) is 0 Å². The van der Waals surface area contributed by atoms with E-state index in [1.54, 1.807) is 18.2 Å². The van der Waals surface area contributed by atoms with Gasteiger partial charge in [-0.25, -0.2) is 14.4 Å². The number of benzene rings is 2. The second-order valence-electron chi connectivity index (χ2n) is 8.58. The summed E-state index contributed by atoms with van der Waals surface area (Å²) in [6.07, 6.45) is 4.34. The van der Waals surface area contributed by atoms with E-state index in [9.17, 15) is 39.0 Å². The van der Waals surface area contributed by atoms with E-state index < -0.39 is 65.6 Å². The number of imide groups is 1. The summed E-state index contributed by atoms with van der Waals surface area (Å²) in [6, 6.07) is 8.98. The Morgan fingerprint density at radius 3 is 1.88 bits per heavy atom. The lowest BCUT2D eigenvalue weighted by Crippen LogP contribution is -2.42. The number of anilines is 2.